The first-order valence-corrected chi connectivity index (χ1v) is 8.10. The predicted molar refractivity (Wildman–Crippen MR) is 98.9 cm³/mol. The van der Waals surface area contributed by atoms with Crippen molar-refractivity contribution < 1.29 is 24.6 Å². The Balaban J connectivity index is 2.24. The molecule has 0 fully saturated rings. The van der Waals surface area contributed by atoms with Gasteiger partial charge in [0.05, 0.1) is 37.5 Å². The summed E-state index contributed by atoms with van der Waals surface area (Å²) in [5, 5.41) is 30.8. The number of hydrogen-bond acceptors (Lipinski definition) is 8. The number of aryl methyl sites for hydroxylation is 1. The predicted octanol–water partition coefficient (Wildman–Crippen LogP) is 2.17. The van der Waals surface area contributed by atoms with Crippen LogP contribution in [0.3, 0.4) is 0 Å². The second-order valence-corrected chi connectivity index (χ2v) is 5.67. The molecule has 0 aliphatic carbocycles. The summed E-state index contributed by atoms with van der Waals surface area (Å²) in [5.41, 5.74) is 1.61. The molecule has 0 radical (unpaired) electrons. The molecule has 1 heterocycles. The number of benzene rings is 1. The zero-order valence-corrected chi connectivity index (χ0v) is 15.3. The van der Waals surface area contributed by atoms with Gasteiger partial charge in [-0.3, -0.25) is 20.1 Å². The number of rotatable bonds is 8. The van der Waals surface area contributed by atoms with E-state index in [9.17, 15) is 20.3 Å². The van der Waals surface area contributed by atoms with E-state index in [1.54, 1.807) is 13.0 Å². The van der Waals surface area contributed by atoms with Crippen molar-refractivity contribution in [3.63, 3.8) is 0 Å². The molecule has 144 valence electrons. The number of nitro groups is 1. The van der Waals surface area contributed by atoms with Crippen molar-refractivity contribution in [3.05, 3.63) is 50.8 Å². The maximum absolute atomic E-state index is 11.3. The van der Waals surface area contributed by atoms with Crippen molar-refractivity contribution in [1.82, 2.24) is 4.98 Å². The van der Waals surface area contributed by atoms with E-state index in [0.29, 0.717) is 28.1 Å². The first-order chi connectivity index (χ1) is 12.9. The number of pyridine rings is 1. The summed E-state index contributed by atoms with van der Waals surface area (Å²) in [7, 11) is 2.87. The molecule has 0 aliphatic heterocycles. The Bertz CT molecular complexity index is 867. The quantitative estimate of drug-likeness (QED) is 0.411. The third-order valence-electron chi connectivity index (χ3n) is 4.04. The third kappa shape index (κ3) is 4.50. The molecule has 0 spiro atoms. The number of aromatic nitrogens is 1. The maximum atomic E-state index is 11.3. The summed E-state index contributed by atoms with van der Waals surface area (Å²) in [5.74, 6) is 0.621. The number of aromatic hydroxyl groups is 1. The van der Waals surface area contributed by atoms with Crippen LogP contribution in [0.2, 0.25) is 0 Å². The van der Waals surface area contributed by atoms with Gasteiger partial charge >= 0.3 is 0 Å². The first kappa shape index (κ1) is 20.1. The lowest BCUT2D eigenvalue weighted by Crippen LogP contribution is -2.02. The zero-order chi connectivity index (χ0) is 20.0. The largest absolute Gasteiger partial charge is 0.505 e. The Morgan fingerprint density at radius 3 is 2.52 bits per heavy atom. The number of methoxy groups -OCH3 is 2. The molecular formula is C18H21N3O6. The summed E-state index contributed by atoms with van der Waals surface area (Å²) in [6.07, 6.45) is 3.18. The molecule has 0 bridgehead atoms. The van der Waals surface area contributed by atoms with Crippen LogP contribution in [0.25, 0.3) is 0 Å². The smallest absolute Gasteiger partial charge is 0.276 e. The van der Waals surface area contributed by atoms with Gasteiger partial charge in [0.25, 0.3) is 5.69 Å². The maximum Gasteiger partial charge on any atom is 0.276 e. The second-order valence-electron chi connectivity index (χ2n) is 5.67. The van der Waals surface area contributed by atoms with E-state index in [1.807, 2.05) is 0 Å². The van der Waals surface area contributed by atoms with Gasteiger partial charge in [0.15, 0.2) is 11.5 Å². The molecule has 0 atom stereocenters. The number of nitro benzene ring substituents is 1. The van der Waals surface area contributed by atoms with Crippen LogP contribution in [0.5, 0.6) is 17.2 Å². The molecule has 2 N–H and O–H groups in total. The lowest BCUT2D eigenvalue weighted by molar-refractivity contribution is -0.385. The van der Waals surface area contributed by atoms with Crippen LogP contribution in [-0.2, 0) is 13.0 Å². The van der Waals surface area contributed by atoms with Crippen molar-refractivity contribution >= 4 is 11.9 Å². The molecule has 1 aromatic heterocycles. The summed E-state index contributed by atoms with van der Waals surface area (Å²) < 4.78 is 10.3. The van der Waals surface area contributed by atoms with E-state index in [4.69, 9.17) is 9.47 Å². The van der Waals surface area contributed by atoms with Crippen LogP contribution in [0.15, 0.2) is 23.3 Å². The highest BCUT2D eigenvalue weighted by molar-refractivity contribution is 5.85. The van der Waals surface area contributed by atoms with E-state index in [0.717, 1.165) is 0 Å². The van der Waals surface area contributed by atoms with Crippen molar-refractivity contribution in [2.45, 2.75) is 20.0 Å². The Hall–Kier alpha value is -3.20. The molecule has 9 nitrogen and oxygen atoms in total. The van der Waals surface area contributed by atoms with Crippen molar-refractivity contribution in [2.75, 3.05) is 20.8 Å². The van der Waals surface area contributed by atoms with E-state index in [-0.39, 0.29) is 36.8 Å². The van der Waals surface area contributed by atoms with Crippen LogP contribution < -0.4 is 9.47 Å². The number of aliphatic hydroxyl groups is 1. The fraction of sp³-hybridized carbons (Fsp3) is 0.333. The SMILES string of the molecule is COc1cc(CCN=Cc2c(CO)cnc(C)c2O)c([N+](=O)[O-])cc1OC. The molecule has 0 saturated heterocycles. The van der Waals surface area contributed by atoms with Gasteiger partial charge in [-0.15, -0.1) is 0 Å². The van der Waals surface area contributed by atoms with Gasteiger partial charge < -0.3 is 19.7 Å². The van der Waals surface area contributed by atoms with E-state index in [2.05, 4.69) is 9.98 Å². The second kappa shape index (κ2) is 8.95. The average molecular weight is 375 g/mol. The van der Waals surface area contributed by atoms with Gasteiger partial charge in [-0.25, -0.2) is 0 Å². The molecule has 1 aromatic carbocycles. The summed E-state index contributed by atoms with van der Waals surface area (Å²) in [4.78, 5) is 19.0. The van der Waals surface area contributed by atoms with Gasteiger partial charge in [0.1, 0.15) is 5.75 Å². The first-order valence-electron chi connectivity index (χ1n) is 8.10. The molecule has 0 unspecified atom stereocenters. The van der Waals surface area contributed by atoms with E-state index in [1.165, 1.54) is 32.7 Å². The molecule has 0 amide bonds. The Labute approximate surface area is 156 Å². The van der Waals surface area contributed by atoms with Crippen LogP contribution in [0, 0.1) is 17.0 Å². The fourth-order valence-electron chi connectivity index (χ4n) is 2.54. The summed E-state index contributed by atoms with van der Waals surface area (Å²) in [6, 6.07) is 2.87. The molecule has 27 heavy (non-hydrogen) atoms. The molecule has 2 aromatic rings. The van der Waals surface area contributed by atoms with Crippen LogP contribution in [0.1, 0.15) is 22.4 Å². The molecule has 0 aliphatic rings. The van der Waals surface area contributed by atoms with Gasteiger partial charge in [-0.1, -0.05) is 0 Å². The number of aliphatic imine (C=N–C) groups is 1. The minimum Gasteiger partial charge on any atom is -0.505 e. The number of hydrogen-bond donors (Lipinski definition) is 2. The van der Waals surface area contributed by atoms with Crippen LogP contribution in [-0.4, -0.2) is 47.1 Å². The average Bonchev–Trinajstić information content (AvgIpc) is 2.67. The van der Waals surface area contributed by atoms with Crippen LogP contribution in [0.4, 0.5) is 5.69 Å². The normalized spacial score (nSPS) is 11.0. The highest BCUT2D eigenvalue weighted by Crippen LogP contribution is 2.34. The number of ether oxygens (including phenoxy) is 2. The molecular weight excluding hydrogens is 354 g/mol. The van der Waals surface area contributed by atoms with Crippen molar-refractivity contribution in [2.24, 2.45) is 4.99 Å². The van der Waals surface area contributed by atoms with Gasteiger partial charge in [-0.2, -0.15) is 0 Å². The minimum atomic E-state index is -0.483. The Morgan fingerprint density at radius 1 is 1.26 bits per heavy atom. The number of aliphatic hydroxyl groups excluding tert-OH is 1. The van der Waals surface area contributed by atoms with E-state index < -0.39 is 4.92 Å². The molecule has 0 saturated carbocycles. The fourth-order valence-corrected chi connectivity index (χ4v) is 2.54. The van der Waals surface area contributed by atoms with Crippen molar-refractivity contribution in [1.29, 1.82) is 0 Å². The molecule has 2 rings (SSSR count). The zero-order valence-electron chi connectivity index (χ0n) is 15.3. The summed E-state index contributed by atoms with van der Waals surface area (Å²) >= 11 is 0. The topological polar surface area (TPSA) is 127 Å². The Morgan fingerprint density at radius 2 is 1.93 bits per heavy atom. The number of nitrogens with zero attached hydrogens (tertiary/aromatic N) is 3. The third-order valence-corrected chi connectivity index (χ3v) is 4.04. The standard InChI is InChI=1S/C18H21N3O6/c1-11-18(23)14(13(10-22)8-20-11)9-19-5-4-12-6-16(26-2)17(27-3)7-15(12)21(24)25/h6-9,22-23H,4-5,10H2,1-3H3. The highest BCUT2D eigenvalue weighted by Gasteiger charge is 2.19. The minimum absolute atomic E-state index is 0.0533. The molecule has 9 heteroatoms. The Kier molecular flexibility index (Phi) is 6.67. The van der Waals surface area contributed by atoms with Gasteiger partial charge in [0, 0.05) is 35.6 Å². The lowest BCUT2D eigenvalue weighted by Gasteiger charge is -2.10. The lowest BCUT2D eigenvalue weighted by atomic mass is 10.1. The monoisotopic (exact) mass is 375 g/mol. The van der Waals surface area contributed by atoms with Gasteiger partial charge in [0.2, 0.25) is 0 Å². The highest BCUT2D eigenvalue weighted by atomic mass is 16.6. The van der Waals surface area contributed by atoms with E-state index >= 15 is 0 Å². The summed E-state index contributed by atoms with van der Waals surface area (Å²) in [6.45, 7) is 1.59. The van der Waals surface area contributed by atoms with Gasteiger partial charge in [-0.05, 0) is 19.4 Å². The van der Waals surface area contributed by atoms with Crippen LogP contribution >= 0.6 is 0 Å². The van der Waals surface area contributed by atoms with Crippen molar-refractivity contribution in [3.8, 4) is 17.2 Å².